The van der Waals surface area contributed by atoms with Crippen molar-refractivity contribution >= 4 is 27.7 Å². The Bertz CT molecular complexity index is 154. The molecule has 1 saturated heterocycles. The van der Waals surface area contributed by atoms with Crippen LogP contribution in [0.15, 0.2) is 0 Å². The van der Waals surface area contributed by atoms with E-state index in [-0.39, 0.29) is 0 Å². The van der Waals surface area contributed by atoms with Crippen LogP contribution in [-0.2, 0) is 4.74 Å². The summed E-state index contributed by atoms with van der Waals surface area (Å²) >= 11 is 5.67. The number of rotatable bonds is 5. The third-order valence-electron chi connectivity index (χ3n) is 3.04. The first-order valence-corrected chi connectivity index (χ1v) is 7.28. The van der Waals surface area contributed by atoms with E-state index in [0.717, 1.165) is 11.9 Å². The molecule has 2 atom stereocenters. The number of thioether (sulfide) groups is 1. The van der Waals surface area contributed by atoms with Gasteiger partial charge in [0.25, 0.3) is 0 Å². The minimum absolute atomic E-state index is 0.419. The van der Waals surface area contributed by atoms with Crippen molar-refractivity contribution in [3.63, 3.8) is 0 Å². The summed E-state index contributed by atoms with van der Waals surface area (Å²) in [5.74, 6) is 2.50. The molecule has 1 fully saturated rings. The first-order valence-electron chi connectivity index (χ1n) is 5.00. The Hall–Kier alpha value is 0.790. The Balaban J connectivity index is 2.39. The van der Waals surface area contributed by atoms with Crippen LogP contribution in [0.1, 0.15) is 26.7 Å². The van der Waals surface area contributed by atoms with E-state index in [1.54, 1.807) is 0 Å². The molecule has 1 aliphatic rings. The van der Waals surface area contributed by atoms with Crippen molar-refractivity contribution in [2.75, 3.05) is 23.4 Å². The summed E-state index contributed by atoms with van der Waals surface area (Å²) in [7, 11) is 0. The molecule has 1 rings (SSSR count). The number of alkyl halides is 1. The van der Waals surface area contributed by atoms with Gasteiger partial charge in [-0.1, -0.05) is 22.9 Å². The molecule has 1 heterocycles. The molecule has 0 N–H and O–H groups in total. The van der Waals surface area contributed by atoms with Crippen molar-refractivity contribution in [3.8, 4) is 0 Å². The Kier molecular flexibility index (Phi) is 5.13. The van der Waals surface area contributed by atoms with E-state index in [4.69, 9.17) is 4.74 Å². The zero-order valence-electron chi connectivity index (χ0n) is 8.51. The average Bonchev–Trinajstić information content (AvgIpc) is 2.49. The maximum atomic E-state index is 5.65. The lowest BCUT2D eigenvalue weighted by atomic mass is 9.81. The van der Waals surface area contributed by atoms with E-state index >= 15 is 0 Å². The summed E-state index contributed by atoms with van der Waals surface area (Å²) < 4.78 is 5.65. The molecule has 0 aromatic rings. The van der Waals surface area contributed by atoms with Gasteiger partial charge in [0.2, 0.25) is 0 Å². The van der Waals surface area contributed by atoms with Gasteiger partial charge in [-0.3, -0.25) is 0 Å². The lowest BCUT2D eigenvalue weighted by Crippen LogP contribution is -2.31. The SMILES string of the molecule is CCSCCC1(CBr)CCOC1C. The molecule has 3 heteroatoms. The van der Waals surface area contributed by atoms with E-state index in [2.05, 4.69) is 29.8 Å². The van der Waals surface area contributed by atoms with E-state index in [1.807, 2.05) is 11.8 Å². The molecular formula is C10H19BrOS. The Morgan fingerprint density at radius 1 is 1.62 bits per heavy atom. The van der Waals surface area contributed by atoms with E-state index < -0.39 is 0 Å². The highest BCUT2D eigenvalue weighted by molar-refractivity contribution is 9.09. The number of ether oxygens (including phenoxy) is 1. The van der Waals surface area contributed by atoms with Crippen molar-refractivity contribution in [2.24, 2.45) is 5.41 Å². The van der Waals surface area contributed by atoms with Gasteiger partial charge in [-0.05, 0) is 31.3 Å². The zero-order chi connectivity index (χ0) is 9.73. The molecule has 2 unspecified atom stereocenters. The van der Waals surface area contributed by atoms with E-state index in [1.165, 1.54) is 24.3 Å². The second-order valence-corrected chi connectivity index (χ2v) is 5.66. The van der Waals surface area contributed by atoms with Crippen LogP contribution in [0.2, 0.25) is 0 Å². The lowest BCUT2D eigenvalue weighted by molar-refractivity contribution is 0.0734. The Morgan fingerprint density at radius 3 is 2.85 bits per heavy atom. The van der Waals surface area contributed by atoms with Gasteiger partial charge in [0, 0.05) is 17.4 Å². The van der Waals surface area contributed by atoms with Gasteiger partial charge < -0.3 is 4.74 Å². The van der Waals surface area contributed by atoms with Crippen molar-refractivity contribution in [3.05, 3.63) is 0 Å². The quantitative estimate of drug-likeness (QED) is 0.558. The van der Waals surface area contributed by atoms with Crippen LogP contribution in [0.5, 0.6) is 0 Å². The van der Waals surface area contributed by atoms with Crippen LogP contribution < -0.4 is 0 Å². The van der Waals surface area contributed by atoms with Gasteiger partial charge in [0.05, 0.1) is 6.10 Å². The average molecular weight is 267 g/mol. The lowest BCUT2D eigenvalue weighted by Gasteiger charge is -2.29. The predicted octanol–water partition coefficient (Wildman–Crippen LogP) is 3.32. The third-order valence-corrected chi connectivity index (χ3v) is 5.06. The fourth-order valence-corrected chi connectivity index (χ4v) is 3.67. The van der Waals surface area contributed by atoms with Crippen LogP contribution in [0.3, 0.4) is 0 Å². The molecular weight excluding hydrogens is 248 g/mol. The topological polar surface area (TPSA) is 9.23 Å². The predicted molar refractivity (Wildman–Crippen MR) is 63.9 cm³/mol. The summed E-state index contributed by atoms with van der Waals surface area (Å²) in [6, 6.07) is 0. The number of halogens is 1. The van der Waals surface area contributed by atoms with Crippen LogP contribution in [0, 0.1) is 5.41 Å². The summed E-state index contributed by atoms with van der Waals surface area (Å²) in [6.45, 7) is 5.38. The van der Waals surface area contributed by atoms with Gasteiger partial charge in [0.1, 0.15) is 0 Å². The van der Waals surface area contributed by atoms with Crippen molar-refractivity contribution in [1.82, 2.24) is 0 Å². The van der Waals surface area contributed by atoms with Crippen LogP contribution >= 0.6 is 27.7 Å². The summed E-state index contributed by atoms with van der Waals surface area (Å²) in [6.07, 6.45) is 2.95. The van der Waals surface area contributed by atoms with Gasteiger partial charge in [-0.2, -0.15) is 11.8 Å². The number of hydrogen-bond acceptors (Lipinski definition) is 2. The highest BCUT2D eigenvalue weighted by Gasteiger charge is 2.39. The van der Waals surface area contributed by atoms with E-state index in [0.29, 0.717) is 11.5 Å². The molecule has 1 aliphatic heterocycles. The largest absolute Gasteiger partial charge is 0.378 e. The van der Waals surface area contributed by atoms with Gasteiger partial charge in [-0.15, -0.1) is 0 Å². The molecule has 1 nitrogen and oxygen atoms in total. The summed E-state index contributed by atoms with van der Waals surface area (Å²) in [4.78, 5) is 0. The van der Waals surface area contributed by atoms with Gasteiger partial charge in [0.15, 0.2) is 0 Å². The standard InChI is InChI=1S/C10H19BrOS/c1-3-13-7-5-10(8-11)4-6-12-9(10)2/h9H,3-8H2,1-2H3. The molecule has 13 heavy (non-hydrogen) atoms. The third kappa shape index (κ3) is 2.87. The molecule has 0 aromatic carbocycles. The fourth-order valence-electron chi connectivity index (χ4n) is 1.81. The van der Waals surface area contributed by atoms with Crippen molar-refractivity contribution in [2.45, 2.75) is 32.8 Å². The molecule has 78 valence electrons. The van der Waals surface area contributed by atoms with Crippen LogP contribution in [-0.4, -0.2) is 29.5 Å². The highest BCUT2D eigenvalue weighted by Crippen LogP contribution is 2.40. The molecule has 0 aromatic heterocycles. The Labute approximate surface area is 94.1 Å². The number of hydrogen-bond donors (Lipinski definition) is 0. The molecule has 0 amide bonds. The molecule has 0 saturated carbocycles. The minimum atomic E-state index is 0.419. The fraction of sp³-hybridized carbons (Fsp3) is 1.00. The second kappa shape index (κ2) is 5.62. The van der Waals surface area contributed by atoms with Gasteiger partial charge in [-0.25, -0.2) is 0 Å². The summed E-state index contributed by atoms with van der Waals surface area (Å²) in [5, 5.41) is 1.09. The molecule has 0 aliphatic carbocycles. The van der Waals surface area contributed by atoms with Gasteiger partial charge >= 0.3 is 0 Å². The first kappa shape index (κ1) is 11.9. The van der Waals surface area contributed by atoms with Crippen LogP contribution in [0.4, 0.5) is 0 Å². The maximum Gasteiger partial charge on any atom is 0.0612 e. The zero-order valence-corrected chi connectivity index (χ0v) is 10.9. The van der Waals surface area contributed by atoms with Crippen molar-refractivity contribution in [1.29, 1.82) is 0 Å². The minimum Gasteiger partial charge on any atom is -0.378 e. The molecule has 0 spiro atoms. The highest BCUT2D eigenvalue weighted by atomic mass is 79.9. The normalized spacial score (nSPS) is 33.9. The Morgan fingerprint density at radius 2 is 2.38 bits per heavy atom. The molecule has 0 radical (unpaired) electrons. The maximum absolute atomic E-state index is 5.65. The molecule has 0 bridgehead atoms. The summed E-state index contributed by atoms with van der Waals surface area (Å²) in [5.41, 5.74) is 0.419. The van der Waals surface area contributed by atoms with Crippen molar-refractivity contribution < 1.29 is 4.74 Å². The van der Waals surface area contributed by atoms with E-state index in [9.17, 15) is 0 Å². The van der Waals surface area contributed by atoms with Crippen LogP contribution in [0.25, 0.3) is 0 Å². The first-order chi connectivity index (χ1) is 6.25. The monoisotopic (exact) mass is 266 g/mol. The second-order valence-electron chi connectivity index (χ2n) is 3.71. The smallest absolute Gasteiger partial charge is 0.0612 e.